The highest BCUT2D eigenvalue weighted by molar-refractivity contribution is 5.78. The van der Waals surface area contributed by atoms with Gasteiger partial charge in [-0.15, -0.1) is 0 Å². The zero-order valence-corrected chi connectivity index (χ0v) is 16.8. The number of allylic oxidation sites excluding steroid dienone is 2. The molecule has 0 amide bonds. The summed E-state index contributed by atoms with van der Waals surface area (Å²) in [4.78, 5) is 11.4. The third-order valence-corrected chi connectivity index (χ3v) is 4.75. The van der Waals surface area contributed by atoms with Crippen molar-refractivity contribution in [2.75, 3.05) is 0 Å². The van der Waals surface area contributed by atoms with Gasteiger partial charge in [-0.3, -0.25) is 4.79 Å². The molecule has 0 spiro atoms. The Bertz CT molecular complexity index is 280. The van der Waals surface area contributed by atoms with Gasteiger partial charge in [-0.2, -0.15) is 0 Å². The topological polar surface area (TPSA) is 17.1 Å². The lowest BCUT2D eigenvalue weighted by Gasteiger charge is -2.01. The number of carbonyl (C=O) groups excluding carboxylic acids is 1. The number of carbonyl (C=O) groups is 1. The average molecular weight is 337 g/mol. The molecular formula is C23H44O. The standard InChI is InChI=1S/C23H44O/c1-3-5-6-7-8-9-10-11-12-13-14-15-16-17-18-19-20-22-23(24)21-4-2/h11-12H,3-10,13-22H2,1-2H3. The van der Waals surface area contributed by atoms with Crippen molar-refractivity contribution in [2.24, 2.45) is 0 Å². The Morgan fingerprint density at radius 2 is 1.00 bits per heavy atom. The van der Waals surface area contributed by atoms with Crippen LogP contribution in [0.4, 0.5) is 0 Å². The van der Waals surface area contributed by atoms with Crippen LogP contribution in [0.25, 0.3) is 0 Å². The fourth-order valence-corrected chi connectivity index (χ4v) is 3.15. The van der Waals surface area contributed by atoms with Gasteiger partial charge in [0.15, 0.2) is 0 Å². The molecule has 0 radical (unpaired) electrons. The predicted octanol–water partition coefficient (Wildman–Crippen LogP) is 8.17. The number of hydrogen-bond donors (Lipinski definition) is 0. The summed E-state index contributed by atoms with van der Waals surface area (Å²) >= 11 is 0. The van der Waals surface area contributed by atoms with E-state index in [-0.39, 0.29) is 0 Å². The molecule has 142 valence electrons. The SMILES string of the molecule is CCCCCCCCC=CCCCCCCCCCC(=O)CCC. The summed E-state index contributed by atoms with van der Waals surface area (Å²) in [6.07, 6.45) is 27.4. The fraction of sp³-hybridized carbons (Fsp3) is 0.870. The molecule has 0 aliphatic rings. The van der Waals surface area contributed by atoms with Crippen LogP contribution in [0.15, 0.2) is 12.2 Å². The Hall–Kier alpha value is -0.590. The molecule has 0 aromatic rings. The molecule has 0 N–H and O–H groups in total. The highest BCUT2D eigenvalue weighted by atomic mass is 16.1. The molecule has 1 nitrogen and oxygen atoms in total. The predicted molar refractivity (Wildman–Crippen MR) is 109 cm³/mol. The molecule has 0 aromatic carbocycles. The Balaban J connectivity index is 3.11. The normalized spacial score (nSPS) is 11.4. The van der Waals surface area contributed by atoms with Gasteiger partial charge >= 0.3 is 0 Å². The lowest BCUT2D eigenvalue weighted by atomic mass is 10.0. The fourth-order valence-electron chi connectivity index (χ4n) is 3.15. The molecule has 0 aliphatic heterocycles. The van der Waals surface area contributed by atoms with Crippen LogP contribution >= 0.6 is 0 Å². The van der Waals surface area contributed by atoms with Crippen LogP contribution in [0.2, 0.25) is 0 Å². The van der Waals surface area contributed by atoms with Gasteiger partial charge in [-0.25, -0.2) is 0 Å². The first-order valence-corrected chi connectivity index (χ1v) is 11.0. The lowest BCUT2D eigenvalue weighted by Crippen LogP contribution is -1.96. The largest absolute Gasteiger partial charge is 0.300 e. The Morgan fingerprint density at radius 3 is 1.50 bits per heavy atom. The lowest BCUT2D eigenvalue weighted by molar-refractivity contribution is -0.119. The van der Waals surface area contributed by atoms with E-state index in [0.717, 1.165) is 25.7 Å². The quantitative estimate of drug-likeness (QED) is 0.172. The summed E-state index contributed by atoms with van der Waals surface area (Å²) in [7, 11) is 0. The van der Waals surface area contributed by atoms with Gasteiger partial charge < -0.3 is 0 Å². The summed E-state index contributed by atoms with van der Waals surface area (Å²) in [5.41, 5.74) is 0. The van der Waals surface area contributed by atoms with Gasteiger partial charge in [0, 0.05) is 12.8 Å². The van der Waals surface area contributed by atoms with E-state index in [1.165, 1.54) is 89.9 Å². The molecule has 0 atom stereocenters. The molecule has 0 unspecified atom stereocenters. The van der Waals surface area contributed by atoms with E-state index in [4.69, 9.17) is 0 Å². The maximum Gasteiger partial charge on any atom is 0.132 e. The third kappa shape index (κ3) is 19.5. The molecular weight excluding hydrogens is 292 g/mol. The number of Topliss-reactive ketones (excluding diaryl/α,β-unsaturated/α-hetero) is 1. The molecule has 0 aliphatic carbocycles. The summed E-state index contributed by atoms with van der Waals surface area (Å²) < 4.78 is 0. The molecule has 0 rings (SSSR count). The second-order valence-electron chi connectivity index (χ2n) is 7.33. The molecule has 0 saturated heterocycles. The second-order valence-corrected chi connectivity index (χ2v) is 7.33. The van der Waals surface area contributed by atoms with Crippen molar-refractivity contribution in [3.63, 3.8) is 0 Å². The minimum atomic E-state index is 0.463. The Kier molecular flexibility index (Phi) is 20.0. The van der Waals surface area contributed by atoms with E-state index < -0.39 is 0 Å². The van der Waals surface area contributed by atoms with Crippen LogP contribution in [0.1, 0.15) is 129 Å². The van der Waals surface area contributed by atoms with Crippen molar-refractivity contribution in [1.29, 1.82) is 0 Å². The summed E-state index contributed by atoms with van der Waals surface area (Å²) in [6, 6.07) is 0. The van der Waals surface area contributed by atoms with Crippen molar-refractivity contribution < 1.29 is 4.79 Å². The number of rotatable bonds is 19. The maximum absolute atomic E-state index is 11.4. The zero-order chi connectivity index (χ0) is 17.7. The number of hydrogen-bond acceptors (Lipinski definition) is 1. The van der Waals surface area contributed by atoms with Crippen molar-refractivity contribution in [2.45, 2.75) is 129 Å². The molecule has 0 heterocycles. The van der Waals surface area contributed by atoms with Gasteiger partial charge in [-0.05, 0) is 38.5 Å². The molecule has 0 bridgehead atoms. The van der Waals surface area contributed by atoms with Crippen molar-refractivity contribution in [1.82, 2.24) is 0 Å². The van der Waals surface area contributed by atoms with E-state index in [9.17, 15) is 4.79 Å². The molecule has 0 saturated carbocycles. The highest BCUT2D eigenvalue weighted by Crippen LogP contribution is 2.11. The third-order valence-electron chi connectivity index (χ3n) is 4.75. The Morgan fingerprint density at radius 1 is 0.542 bits per heavy atom. The van der Waals surface area contributed by atoms with E-state index in [1.54, 1.807) is 0 Å². The van der Waals surface area contributed by atoms with Crippen LogP contribution in [-0.4, -0.2) is 5.78 Å². The van der Waals surface area contributed by atoms with E-state index in [2.05, 4.69) is 26.0 Å². The molecule has 1 heteroatoms. The van der Waals surface area contributed by atoms with Crippen LogP contribution in [-0.2, 0) is 4.79 Å². The van der Waals surface area contributed by atoms with E-state index >= 15 is 0 Å². The second kappa shape index (κ2) is 20.5. The van der Waals surface area contributed by atoms with Gasteiger partial charge in [-0.1, -0.05) is 90.2 Å². The van der Waals surface area contributed by atoms with Gasteiger partial charge in [0.25, 0.3) is 0 Å². The average Bonchev–Trinajstić information content (AvgIpc) is 2.58. The van der Waals surface area contributed by atoms with E-state index in [1.807, 2.05) is 0 Å². The monoisotopic (exact) mass is 336 g/mol. The van der Waals surface area contributed by atoms with Crippen molar-refractivity contribution in [3.05, 3.63) is 12.2 Å². The van der Waals surface area contributed by atoms with Crippen molar-refractivity contribution >= 4 is 5.78 Å². The first kappa shape index (κ1) is 23.4. The maximum atomic E-state index is 11.4. The molecule has 24 heavy (non-hydrogen) atoms. The van der Waals surface area contributed by atoms with Gasteiger partial charge in [0.2, 0.25) is 0 Å². The zero-order valence-electron chi connectivity index (χ0n) is 16.8. The highest BCUT2D eigenvalue weighted by Gasteiger charge is 1.99. The van der Waals surface area contributed by atoms with E-state index in [0.29, 0.717) is 5.78 Å². The van der Waals surface area contributed by atoms with Crippen LogP contribution in [0.3, 0.4) is 0 Å². The van der Waals surface area contributed by atoms with Crippen LogP contribution < -0.4 is 0 Å². The first-order chi connectivity index (χ1) is 11.8. The number of unbranched alkanes of at least 4 members (excludes halogenated alkanes) is 13. The summed E-state index contributed by atoms with van der Waals surface area (Å²) in [5, 5.41) is 0. The van der Waals surface area contributed by atoms with Crippen LogP contribution in [0, 0.1) is 0 Å². The van der Waals surface area contributed by atoms with Gasteiger partial charge in [0.05, 0.1) is 0 Å². The molecule has 0 aromatic heterocycles. The van der Waals surface area contributed by atoms with Gasteiger partial charge in [0.1, 0.15) is 5.78 Å². The minimum Gasteiger partial charge on any atom is -0.300 e. The Labute approximate surface area is 152 Å². The molecule has 0 fully saturated rings. The van der Waals surface area contributed by atoms with Crippen molar-refractivity contribution in [3.8, 4) is 0 Å². The number of ketones is 1. The summed E-state index contributed by atoms with van der Waals surface area (Å²) in [6.45, 7) is 4.36. The summed E-state index contributed by atoms with van der Waals surface area (Å²) in [5.74, 6) is 0.463. The van der Waals surface area contributed by atoms with Crippen LogP contribution in [0.5, 0.6) is 0 Å². The minimum absolute atomic E-state index is 0.463. The smallest absolute Gasteiger partial charge is 0.132 e. The first-order valence-electron chi connectivity index (χ1n) is 11.0.